The van der Waals surface area contributed by atoms with Crippen molar-refractivity contribution in [1.82, 2.24) is 9.62 Å². The molecule has 112 valence electrons. The normalized spacial score (nSPS) is 20.4. The predicted octanol–water partition coefficient (Wildman–Crippen LogP) is 1.12. The van der Waals surface area contributed by atoms with Crippen molar-refractivity contribution in [3.05, 3.63) is 23.3 Å². The molecule has 1 aliphatic heterocycles. The van der Waals surface area contributed by atoms with E-state index in [0.717, 1.165) is 25.1 Å². The SMILES string of the molecule is Cc1ccc(C)c(S(=O)(=O)NCC2CCN(C)C2)c1N. The molecule has 3 N–H and O–H groups in total. The van der Waals surface area contributed by atoms with Crippen molar-refractivity contribution in [1.29, 1.82) is 0 Å². The molecular formula is C14H23N3O2S. The number of anilines is 1. The smallest absolute Gasteiger partial charge is 0.242 e. The van der Waals surface area contributed by atoms with Gasteiger partial charge in [-0.05, 0) is 50.9 Å². The van der Waals surface area contributed by atoms with Gasteiger partial charge in [0.25, 0.3) is 0 Å². The molecule has 1 saturated heterocycles. The van der Waals surface area contributed by atoms with Crippen LogP contribution in [-0.4, -0.2) is 40.0 Å². The first-order valence-electron chi connectivity index (χ1n) is 6.85. The van der Waals surface area contributed by atoms with E-state index in [4.69, 9.17) is 5.73 Å². The Bertz CT molecular complexity index is 599. The Kier molecular flexibility index (Phi) is 4.36. The van der Waals surface area contributed by atoms with Crippen LogP contribution in [0.25, 0.3) is 0 Å². The summed E-state index contributed by atoms with van der Waals surface area (Å²) in [5.74, 6) is 0.376. The third-order valence-electron chi connectivity index (χ3n) is 3.93. The van der Waals surface area contributed by atoms with Crippen molar-refractivity contribution in [3.63, 3.8) is 0 Å². The predicted molar refractivity (Wildman–Crippen MR) is 81.1 cm³/mol. The van der Waals surface area contributed by atoms with E-state index < -0.39 is 10.0 Å². The second-order valence-corrected chi connectivity index (χ2v) is 7.41. The second-order valence-electron chi connectivity index (χ2n) is 5.71. The van der Waals surface area contributed by atoms with Gasteiger partial charge < -0.3 is 10.6 Å². The first kappa shape index (κ1) is 15.3. The maximum Gasteiger partial charge on any atom is 0.242 e. The monoisotopic (exact) mass is 297 g/mol. The number of benzene rings is 1. The van der Waals surface area contributed by atoms with Gasteiger partial charge in [-0.2, -0.15) is 0 Å². The molecular weight excluding hydrogens is 274 g/mol. The number of nitrogens with zero attached hydrogens (tertiary/aromatic N) is 1. The summed E-state index contributed by atoms with van der Waals surface area (Å²) in [5.41, 5.74) is 7.77. The van der Waals surface area contributed by atoms with Crippen molar-refractivity contribution >= 4 is 15.7 Å². The molecule has 1 heterocycles. The van der Waals surface area contributed by atoms with E-state index in [1.54, 1.807) is 13.0 Å². The molecule has 1 unspecified atom stereocenters. The lowest BCUT2D eigenvalue weighted by molar-refractivity contribution is 0.394. The number of hydrogen-bond donors (Lipinski definition) is 2. The topological polar surface area (TPSA) is 75.4 Å². The zero-order valence-electron chi connectivity index (χ0n) is 12.3. The number of nitrogens with one attached hydrogen (secondary N) is 1. The molecule has 0 bridgehead atoms. The summed E-state index contributed by atoms with van der Waals surface area (Å²) in [6.45, 7) is 6.02. The maximum absolute atomic E-state index is 12.5. The molecule has 5 nitrogen and oxygen atoms in total. The standard InChI is InChI=1S/C14H23N3O2S/c1-10-4-5-11(2)14(13(10)15)20(18,19)16-8-12-6-7-17(3)9-12/h4-5,12,16H,6-9,15H2,1-3H3. The van der Waals surface area contributed by atoms with E-state index in [0.29, 0.717) is 23.7 Å². The average molecular weight is 297 g/mol. The van der Waals surface area contributed by atoms with Gasteiger partial charge in [-0.25, -0.2) is 13.1 Å². The molecule has 0 spiro atoms. The van der Waals surface area contributed by atoms with Gasteiger partial charge >= 0.3 is 0 Å². The molecule has 1 fully saturated rings. The molecule has 0 saturated carbocycles. The summed E-state index contributed by atoms with van der Waals surface area (Å²) in [5, 5.41) is 0. The highest BCUT2D eigenvalue weighted by Gasteiger charge is 2.25. The summed E-state index contributed by atoms with van der Waals surface area (Å²) in [6, 6.07) is 3.64. The number of hydrogen-bond acceptors (Lipinski definition) is 4. The van der Waals surface area contributed by atoms with Crippen LogP contribution in [-0.2, 0) is 10.0 Å². The summed E-state index contributed by atoms with van der Waals surface area (Å²) in [4.78, 5) is 2.44. The third-order valence-corrected chi connectivity index (χ3v) is 5.56. The molecule has 20 heavy (non-hydrogen) atoms. The quantitative estimate of drug-likeness (QED) is 0.817. The lowest BCUT2D eigenvalue weighted by atomic mass is 10.1. The Morgan fingerprint density at radius 2 is 2.00 bits per heavy atom. The highest BCUT2D eigenvalue weighted by molar-refractivity contribution is 7.89. The van der Waals surface area contributed by atoms with Crippen LogP contribution in [0, 0.1) is 19.8 Å². The molecule has 6 heteroatoms. The molecule has 1 aromatic carbocycles. The van der Waals surface area contributed by atoms with E-state index >= 15 is 0 Å². The van der Waals surface area contributed by atoms with Gasteiger partial charge in [-0.15, -0.1) is 0 Å². The van der Waals surface area contributed by atoms with Crippen LogP contribution in [0.3, 0.4) is 0 Å². The third kappa shape index (κ3) is 3.13. The van der Waals surface area contributed by atoms with Crippen LogP contribution in [0.1, 0.15) is 17.5 Å². The fourth-order valence-electron chi connectivity index (χ4n) is 2.66. The lowest BCUT2D eigenvalue weighted by Crippen LogP contribution is -2.31. The number of likely N-dealkylation sites (tertiary alicyclic amines) is 1. The zero-order chi connectivity index (χ0) is 14.9. The van der Waals surface area contributed by atoms with Crippen LogP contribution in [0.4, 0.5) is 5.69 Å². The second kappa shape index (κ2) is 5.71. The Balaban J connectivity index is 2.17. The lowest BCUT2D eigenvalue weighted by Gasteiger charge is -2.16. The number of nitrogens with two attached hydrogens (primary N) is 1. The molecule has 2 rings (SSSR count). The molecule has 1 atom stereocenters. The maximum atomic E-state index is 12.5. The van der Waals surface area contributed by atoms with Crippen molar-refractivity contribution in [3.8, 4) is 0 Å². The zero-order valence-corrected chi connectivity index (χ0v) is 13.1. The van der Waals surface area contributed by atoms with E-state index in [2.05, 4.69) is 16.7 Å². The van der Waals surface area contributed by atoms with Crippen molar-refractivity contribution in [2.24, 2.45) is 5.92 Å². The van der Waals surface area contributed by atoms with Gasteiger partial charge in [0.15, 0.2) is 0 Å². The fraction of sp³-hybridized carbons (Fsp3) is 0.571. The number of rotatable bonds is 4. The number of sulfonamides is 1. The number of nitrogen functional groups attached to an aromatic ring is 1. The summed E-state index contributed by atoms with van der Waals surface area (Å²) < 4.78 is 27.6. The fourth-order valence-corrected chi connectivity index (χ4v) is 4.20. The first-order chi connectivity index (χ1) is 9.31. The van der Waals surface area contributed by atoms with E-state index in [1.807, 2.05) is 13.0 Å². The van der Waals surface area contributed by atoms with Crippen LogP contribution in [0.15, 0.2) is 17.0 Å². The Labute approximate surface area is 121 Å². The summed E-state index contributed by atoms with van der Waals surface area (Å²) >= 11 is 0. The van der Waals surface area contributed by atoms with Gasteiger partial charge in [0.2, 0.25) is 10.0 Å². The van der Waals surface area contributed by atoms with Crippen LogP contribution >= 0.6 is 0 Å². The van der Waals surface area contributed by atoms with Crippen molar-refractivity contribution < 1.29 is 8.42 Å². The Hall–Kier alpha value is -1.11. The molecule has 0 amide bonds. The minimum atomic E-state index is -3.54. The van der Waals surface area contributed by atoms with Crippen LogP contribution < -0.4 is 10.5 Å². The van der Waals surface area contributed by atoms with E-state index in [-0.39, 0.29) is 4.90 Å². The van der Waals surface area contributed by atoms with Gasteiger partial charge in [-0.1, -0.05) is 12.1 Å². The van der Waals surface area contributed by atoms with Gasteiger partial charge in [0, 0.05) is 13.1 Å². The highest BCUT2D eigenvalue weighted by atomic mass is 32.2. The van der Waals surface area contributed by atoms with E-state index in [9.17, 15) is 8.42 Å². The average Bonchev–Trinajstić information content (AvgIpc) is 2.78. The largest absolute Gasteiger partial charge is 0.397 e. The first-order valence-corrected chi connectivity index (χ1v) is 8.33. The van der Waals surface area contributed by atoms with Gasteiger partial charge in [0.05, 0.1) is 5.69 Å². The molecule has 0 radical (unpaired) electrons. The van der Waals surface area contributed by atoms with E-state index in [1.165, 1.54) is 0 Å². The minimum absolute atomic E-state index is 0.226. The molecule has 0 aromatic heterocycles. The van der Waals surface area contributed by atoms with Crippen LogP contribution in [0.5, 0.6) is 0 Å². The van der Waals surface area contributed by atoms with Crippen molar-refractivity contribution in [2.75, 3.05) is 32.4 Å². The number of aryl methyl sites for hydroxylation is 2. The molecule has 0 aliphatic carbocycles. The molecule has 1 aromatic rings. The summed E-state index contributed by atoms with van der Waals surface area (Å²) in [7, 11) is -1.49. The minimum Gasteiger partial charge on any atom is -0.397 e. The Morgan fingerprint density at radius 3 is 2.60 bits per heavy atom. The molecule has 1 aliphatic rings. The summed E-state index contributed by atoms with van der Waals surface area (Å²) in [6.07, 6.45) is 1.03. The Morgan fingerprint density at radius 1 is 1.35 bits per heavy atom. The van der Waals surface area contributed by atoms with Crippen molar-refractivity contribution in [2.45, 2.75) is 25.2 Å². The van der Waals surface area contributed by atoms with Gasteiger partial charge in [-0.3, -0.25) is 0 Å². The van der Waals surface area contributed by atoms with Gasteiger partial charge in [0.1, 0.15) is 4.90 Å². The van der Waals surface area contributed by atoms with Crippen LogP contribution in [0.2, 0.25) is 0 Å². The highest BCUT2D eigenvalue weighted by Crippen LogP contribution is 2.26.